The lowest BCUT2D eigenvalue weighted by atomic mass is 9.87. The SMILES string of the molecule is CCN(CC)S(=O)(=O)c1ccc(C(C)(C)C=O)cc1. The van der Waals surface area contributed by atoms with Gasteiger partial charge in [0.15, 0.2) is 0 Å². The van der Waals surface area contributed by atoms with Crippen molar-refractivity contribution in [2.45, 2.75) is 38.0 Å². The molecule has 0 radical (unpaired) electrons. The average molecular weight is 283 g/mol. The van der Waals surface area contributed by atoms with Crippen LogP contribution < -0.4 is 0 Å². The summed E-state index contributed by atoms with van der Waals surface area (Å²) in [6.07, 6.45) is 0.862. The summed E-state index contributed by atoms with van der Waals surface area (Å²) in [7, 11) is -3.43. The summed E-state index contributed by atoms with van der Waals surface area (Å²) in [4.78, 5) is 11.2. The number of hydrogen-bond donors (Lipinski definition) is 0. The first-order valence-electron chi connectivity index (χ1n) is 6.36. The molecule has 106 valence electrons. The van der Waals surface area contributed by atoms with Crippen LogP contribution in [0.1, 0.15) is 33.3 Å². The van der Waals surface area contributed by atoms with Crippen LogP contribution in [0, 0.1) is 0 Å². The van der Waals surface area contributed by atoms with Gasteiger partial charge in [-0.1, -0.05) is 26.0 Å². The first-order chi connectivity index (χ1) is 8.79. The molecular formula is C14H21NO3S. The van der Waals surface area contributed by atoms with Crippen LogP contribution in [0.3, 0.4) is 0 Å². The molecule has 0 spiro atoms. The molecule has 0 aromatic heterocycles. The molecule has 0 aliphatic heterocycles. The summed E-state index contributed by atoms with van der Waals surface area (Å²) >= 11 is 0. The molecule has 1 aromatic rings. The van der Waals surface area contributed by atoms with Gasteiger partial charge in [-0.05, 0) is 31.5 Å². The van der Waals surface area contributed by atoms with E-state index >= 15 is 0 Å². The highest BCUT2D eigenvalue weighted by Gasteiger charge is 2.23. The number of carbonyl (C=O) groups excluding carboxylic acids is 1. The maximum Gasteiger partial charge on any atom is 0.243 e. The van der Waals surface area contributed by atoms with Gasteiger partial charge in [0.05, 0.1) is 4.90 Å². The molecule has 0 aliphatic carbocycles. The maximum absolute atomic E-state index is 12.3. The number of nitrogens with zero attached hydrogens (tertiary/aromatic N) is 1. The van der Waals surface area contributed by atoms with Gasteiger partial charge >= 0.3 is 0 Å². The molecule has 0 unspecified atom stereocenters. The highest BCUT2D eigenvalue weighted by atomic mass is 32.2. The second kappa shape index (κ2) is 5.84. The lowest BCUT2D eigenvalue weighted by molar-refractivity contribution is -0.111. The van der Waals surface area contributed by atoms with E-state index in [0.717, 1.165) is 11.8 Å². The fraction of sp³-hybridized carbons (Fsp3) is 0.500. The lowest BCUT2D eigenvalue weighted by Crippen LogP contribution is -2.30. The lowest BCUT2D eigenvalue weighted by Gasteiger charge is -2.20. The fourth-order valence-corrected chi connectivity index (χ4v) is 3.30. The molecular weight excluding hydrogens is 262 g/mol. The van der Waals surface area contributed by atoms with E-state index < -0.39 is 15.4 Å². The Labute approximate surface area is 115 Å². The Hall–Kier alpha value is -1.20. The second-order valence-electron chi connectivity index (χ2n) is 4.95. The summed E-state index contributed by atoms with van der Waals surface area (Å²) in [5, 5.41) is 0. The van der Waals surface area contributed by atoms with Crippen molar-refractivity contribution in [3.63, 3.8) is 0 Å². The maximum atomic E-state index is 12.3. The fourth-order valence-electron chi connectivity index (χ4n) is 1.84. The number of aldehydes is 1. The molecule has 0 saturated heterocycles. The van der Waals surface area contributed by atoms with E-state index in [1.165, 1.54) is 4.31 Å². The Morgan fingerprint density at radius 1 is 1.11 bits per heavy atom. The smallest absolute Gasteiger partial charge is 0.243 e. The quantitative estimate of drug-likeness (QED) is 0.752. The van der Waals surface area contributed by atoms with Gasteiger partial charge in [0.25, 0.3) is 0 Å². The molecule has 0 bridgehead atoms. The Kier molecular flexibility index (Phi) is 4.87. The number of benzene rings is 1. The van der Waals surface area contributed by atoms with Gasteiger partial charge in [0.1, 0.15) is 6.29 Å². The summed E-state index contributed by atoms with van der Waals surface area (Å²) in [5.41, 5.74) is 0.207. The molecule has 19 heavy (non-hydrogen) atoms. The first kappa shape index (κ1) is 15.9. The van der Waals surface area contributed by atoms with Crippen molar-refractivity contribution < 1.29 is 13.2 Å². The highest BCUT2D eigenvalue weighted by Crippen LogP contribution is 2.23. The Balaban J connectivity index is 3.16. The van der Waals surface area contributed by atoms with Gasteiger partial charge in [0, 0.05) is 18.5 Å². The van der Waals surface area contributed by atoms with Crippen LogP contribution in [0.4, 0.5) is 0 Å². The van der Waals surface area contributed by atoms with E-state index in [4.69, 9.17) is 0 Å². The monoisotopic (exact) mass is 283 g/mol. The number of rotatable bonds is 6. The van der Waals surface area contributed by atoms with Gasteiger partial charge < -0.3 is 4.79 Å². The minimum absolute atomic E-state index is 0.265. The molecule has 5 heteroatoms. The molecule has 0 amide bonds. The van der Waals surface area contributed by atoms with E-state index in [9.17, 15) is 13.2 Å². The molecule has 0 atom stereocenters. The zero-order valence-corrected chi connectivity index (χ0v) is 12.7. The Bertz CT molecular complexity index is 528. The van der Waals surface area contributed by atoms with Crippen LogP contribution in [0.5, 0.6) is 0 Å². The van der Waals surface area contributed by atoms with Crippen LogP contribution in [0.15, 0.2) is 29.2 Å². The van der Waals surface area contributed by atoms with E-state index in [1.54, 1.807) is 38.1 Å². The zero-order valence-electron chi connectivity index (χ0n) is 11.9. The highest BCUT2D eigenvalue weighted by molar-refractivity contribution is 7.89. The van der Waals surface area contributed by atoms with Crippen LogP contribution in [0.25, 0.3) is 0 Å². The van der Waals surface area contributed by atoms with Crippen molar-refractivity contribution in [3.05, 3.63) is 29.8 Å². The first-order valence-corrected chi connectivity index (χ1v) is 7.80. The third-order valence-electron chi connectivity index (χ3n) is 3.24. The molecule has 0 saturated carbocycles. The van der Waals surface area contributed by atoms with Crippen molar-refractivity contribution in [2.24, 2.45) is 0 Å². The van der Waals surface area contributed by atoms with Crippen molar-refractivity contribution in [1.29, 1.82) is 0 Å². The minimum atomic E-state index is -3.43. The van der Waals surface area contributed by atoms with Crippen LogP contribution >= 0.6 is 0 Å². The summed E-state index contributed by atoms with van der Waals surface area (Å²) in [6.45, 7) is 8.11. The summed E-state index contributed by atoms with van der Waals surface area (Å²) in [5.74, 6) is 0. The Morgan fingerprint density at radius 3 is 1.95 bits per heavy atom. The van der Waals surface area contributed by atoms with E-state index in [-0.39, 0.29) is 4.90 Å². The van der Waals surface area contributed by atoms with Crippen LogP contribution in [0.2, 0.25) is 0 Å². The Morgan fingerprint density at radius 2 is 1.58 bits per heavy atom. The molecule has 0 N–H and O–H groups in total. The van der Waals surface area contributed by atoms with Crippen LogP contribution in [-0.4, -0.2) is 32.1 Å². The van der Waals surface area contributed by atoms with Crippen LogP contribution in [-0.2, 0) is 20.2 Å². The molecule has 1 rings (SSSR count). The summed E-state index contributed by atoms with van der Waals surface area (Å²) in [6, 6.07) is 6.53. The average Bonchev–Trinajstić information content (AvgIpc) is 2.40. The third kappa shape index (κ3) is 3.22. The number of carbonyl (C=O) groups is 1. The normalized spacial score (nSPS) is 12.7. The molecule has 0 fully saturated rings. The van der Waals surface area contributed by atoms with Crippen molar-refractivity contribution in [3.8, 4) is 0 Å². The third-order valence-corrected chi connectivity index (χ3v) is 5.30. The molecule has 0 heterocycles. The number of hydrogen-bond acceptors (Lipinski definition) is 3. The molecule has 1 aromatic carbocycles. The van der Waals surface area contributed by atoms with Gasteiger partial charge in [-0.25, -0.2) is 8.42 Å². The van der Waals surface area contributed by atoms with Gasteiger partial charge in [-0.3, -0.25) is 0 Å². The van der Waals surface area contributed by atoms with E-state index in [1.807, 2.05) is 13.8 Å². The summed E-state index contributed by atoms with van der Waals surface area (Å²) < 4.78 is 26.0. The predicted octanol–water partition coefficient (Wildman–Crippen LogP) is 2.19. The molecule has 4 nitrogen and oxygen atoms in total. The van der Waals surface area contributed by atoms with Crippen molar-refractivity contribution in [2.75, 3.05) is 13.1 Å². The molecule has 0 aliphatic rings. The number of sulfonamides is 1. The topological polar surface area (TPSA) is 54.5 Å². The largest absolute Gasteiger partial charge is 0.302 e. The van der Waals surface area contributed by atoms with Gasteiger partial charge in [-0.2, -0.15) is 4.31 Å². The second-order valence-corrected chi connectivity index (χ2v) is 6.89. The van der Waals surface area contributed by atoms with Crippen molar-refractivity contribution in [1.82, 2.24) is 4.31 Å². The standard InChI is InChI=1S/C14H21NO3S/c1-5-15(6-2)19(17,18)13-9-7-12(8-10-13)14(3,4)11-16/h7-11H,5-6H2,1-4H3. The minimum Gasteiger partial charge on any atom is -0.302 e. The zero-order chi connectivity index (χ0) is 14.7. The van der Waals surface area contributed by atoms with E-state index in [0.29, 0.717) is 13.1 Å². The van der Waals surface area contributed by atoms with Gasteiger partial charge in [0.2, 0.25) is 10.0 Å². The predicted molar refractivity (Wildman–Crippen MR) is 75.6 cm³/mol. The van der Waals surface area contributed by atoms with E-state index in [2.05, 4.69) is 0 Å². The van der Waals surface area contributed by atoms with Crippen molar-refractivity contribution >= 4 is 16.3 Å². The van der Waals surface area contributed by atoms with Gasteiger partial charge in [-0.15, -0.1) is 0 Å².